The average Bonchev–Trinajstić information content (AvgIpc) is 3.59. The first-order valence-electron chi connectivity index (χ1n) is 11.5. The number of fused-ring (bicyclic) bond motifs is 1. The molecule has 0 radical (unpaired) electrons. The van der Waals surface area contributed by atoms with Crippen LogP contribution in [-0.4, -0.2) is 69.9 Å². The van der Waals surface area contributed by atoms with E-state index >= 15 is 0 Å². The van der Waals surface area contributed by atoms with Crippen LogP contribution in [0, 0.1) is 0 Å². The summed E-state index contributed by atoms with van der Waals surface area (Å²) in [5.74, 6) is 0. The molecule has 0 spiro atoms. The number of rotatable bonds is 8. The summed E-state index contributed by atoms with van der Waals surface area (Å²) < 4.78 is 5.86. The summed E-state index contributed by atoms with van der Waals surface area (Å²) in [6.45, 7) is 7.73. The zero-order chi connectivity index (χ0) is 22.1. The zero-order valence-corrected chi connectivity index (χ0v) is 18.7. The number of hydrogen-bond donors (Lipinski definition) is 1. The number of aliphatic hydroxyl groups is 1. The third-order valence-electron chi connectivity index (χ3n) is 6.40. The highest BCUT2D eigenvalue weighted by atomic mass is 16.3. The van der Waals surface area contributed by atoms with Crippen molar-refractivity contribution in [1.82, 2.24) is 39.1 Å². The number of nitrogens with zero attached hydrogens (tertiary/aromatic N) is 8. The van der Waals surface area contributed by atoms with Crippen molar-refractivity contribution in [2.45, 2.75) is 51.8 Å². The Bertz CT molecular complexity index is 1190. The molecule has 9 heteroatoms. The smallest absolute Gasteiger partial charge is 0.0999 e. The van der Waals surface area contributed by atoms with Crippen molar-refractivity contribution >= 4 is 5.52 Å². The Balaban J connectivity index is 1.42. The maximum Gasteiger partial charge on any atom is 0.0999 e. The first kappa shape index (κ1) is 20.8. The Morgan fingerprint density at radius 1 is 1.03 bits per heavy atom. The number of hydrogen-bond acceptors (Lipinski definition) is 6. The van der Waals surface area contributed by atoms with Gasteiger partial charge in [-0.15, -0.1) is 0 Å². The van der Waals surface area contributed by atoms with Gasteiger partial charge in [-0.3, -0.25) is 14.3 Å². The van der Waals surface area contributed by atoms with E-state index in [2.05, 4.69) is 40.2 Å². The number of aromatic nitrogens is 7. The van der Waals surface area contributed by atoms with Gasteiger partial charge >= 0.3 is 0 Å². The molecule has 0 aromatic carbocycles. The van der Waals surface area contributed by atoms with E-state index in [9.17, 15) is 5.11 Å². The van der Waals surface area contributed by atoms with E-state index in [1.54, 1.807) is 6.20 Å². The molecule has 0 amide bonds. The highest BCUT2D eigenvalue weighted by Crippen LogP contribution is 2.28. The van der Waals surface area contributed by atoms with Gasteiger partial charge in [0, 0.05) is 43.2 Å². The van der Waals surface area contributed by atoms with E-state index in [-0.39, 0.29) is 6.10 Å². The molecular formula is C23H30N8O. The molecule has 168 valence electrons. The van der Waals surface area contributed by atoms with Gasteiger partial charge in [0.15, 0.2) is 0 Å². The molecule has 5 rings (SSSR count). The van der Waals surface area contributed by atoms with Crippen LogP contribution < -0.4 is 0 Å². The molecule has 0 bridgehead atoms. The van der Waals surface area contributed by atoms with Crippen molar-refractivity contribution in [3.8, 4) is 22.5 Å². The van der Waals surface area contributed by atoms with E-state index in [1.807, 2.05) is 44.7 Å². The van der Waals surface area contributed by atoms with Crippen molar-refractivity contribution in [2.75, 3.05) is 19.6 Å². The van der Waals surface area contributed by atoms with Gasteiger partial charge < -0.3 is 5.11 Å². The minimum Gasteiger partial charge on any atom is -0.392 e. The maximum absolute atomic E-state index is 9.71. The topological polar surface area (TPSA) is 89.3 Å². The van der Waals surface area contributed by atoms with Gasteiger partial charge in [-0.1, -0.05) is 13.8 Å². The lowest BCUT2D eigenvalue weighted by molar-refractivity contribution is 0.174. The van der Waals surface area contributed by atoms with Gasteiger partial charge in [-0.2, -0.15) is 15.3 Å². The molecule has 1 aliphatic heterocycles. The minimum atomic E-state index is -0.194. The predicted molar refractivity (Wildman–Crippen MR) is 122 cm³/mol. The van der Waals surface area contributed by atoms with Gasteiger partial charge in [-0.25, -0.2) is 9.50 Å². The highest BCUT2D eigenvalue weighted by Gasteiger charge is 2.20. The molecular weight excluding hydrogens is 404 g/mol. The average molecular weight is 435 g/mol. The Hall–Kier alpha value is -3.04. The SMILES string of the molecule is CCC(CC)n1cc(-c2nc(-c3cnn(CCN4CC[C@H](O)C4)c3)cn3nccc23)cn1. The molecule has 4 aromatic heterocycles. The summed E-state index contributed by atoms with van der Waals surface area (Å²) in [6.07, 6.45) is 14.4. The second-order valence-electron chi connectivity index (χ2n) is 8.55. The Morgan fingerprint density at radius 2 is 1.88 bits per heavy atom. The van der Waals surface area contributed by atoms with Crippen LogP contribution in [0.1, 0.15) is 39.2 Å². The van der Waals surface area contributed by atoms with E-state index < -0.39 is 0 Å². The quantitative estimate of drug-likeness (QED) is 0.459. The maximum atomic E-state index is 9.71. The van der Waals surface area contributed by atoms with Crippen LogP contribution in [0.25, 0.3) is 28.0 Å². The van der Waals surface area contributed by atoms with E-state index in [4.69, 9.17) is 4.98 Å². The normalized spacial score (nSPS) is 17.2. The molecule has 9 nitrogen and oxygen atoms in total. The van der Waals surface area contributed by atoms with Crippen molar-refractivity contribution in [3.05, 3.63) is 43.2 Å². The van der Waals surface area contributed by atoms with Gasteiger partial charge in [-0.05, 0) is 25.3 Å². The van der Waals surface area contributed by atoms with Gasteiger partial charge in [0.25, 0.3) is 0 Å². The summed E-state index contributed by atoms with van der Waals surface area (Å²) in [4.78, 5) is 7.26. The van der Waals surface area contributed by atoms with Crippen molar-refractivity contribution < 1.29 is 5.11 Å². The minimum absolute atomic E-state index is 0.194. The van der Waals surface area contributed by atoms with Crippen LogP contribution in [0.15, 0.2) is 43.2 Å². The van der Waals surface area contributed by atoms with Crippen LogP contribution >= 0.6 is 0 Å². The summed E-state index contributed by atoms with van der Waals surface area (Å²) in [7, 11) is 0. The number of aliphatic hydroxyl groups excluding tert-OH is 1. The lowest BCUT2D eigenvalue weighted by Gasteiger charge is -2.14. The molecule has 1 fully saturated rings. The Labute approximate surface area is 187 Å². The predicted octanol–water partition coefficient (Wildman–Crippen LogP) is 2.88. The van der Waals surface area contributed by atoms with Crippen LogP contribution in [0.4, 0.5) is 0 Å². The molecule has 0 aliphatic carbocycles. The molecule has 1 atom stereocenters. The summed E-state index contributed by atoms with van der Waals surface area (Å²) in [5, 5.41) is 23.3. The molecule has 1 aliphatic rings. The standard InChI is InChI=1S/C23H30N8O/c1-3-19(4-2)30-14-18(12-26-30)23-22-5-7-24-31(22)16-21(27-23)17-11-25-29(13-17)10-9-28-8-6-20(32)15-28/h5,7,11-14,16,19-20,32H,3-4,6,8-10,15H2,1-2H3/t20-/m0/s1. The van der Waals surface area contributed by atoms with Gasteiger partial charge in [0.1, 0.15) is 0 Å². The fourth-order valence-corrected chi connectivity index (χ4v) is 4.48. The Kier molecular flexibility index (Phi) is 5.75. The van der Waals surface area contributed by atoms with Crippen molar-refractivity contribution in [1.29, 1.82) is 0 Å². The lowest BCUT2D eigenvalue weighted by atomic mass is 10.1. The van der Waals surface area contributed by atoms with E-state index in [0.29, 0.717) is 6.04 Å². The molecule has 32 heavy (non-hydrogen) atoms. The third-order valence-corrected chi connectivity index (χ3v) is 6.40. The van der Waals surface area contributed by atoms with Gasteiger partial charge in [0.2, 0.25) is 0 Å². The summed E-state index contributed by atoms with van der Waals surface area (Å²) in [6, 6.07) is 2.37. The van der Waals surface area contributed by atoms with E-state index in [1.165, 1.54) is 0 Å². The summed E-state index contributed by atoms with van der Waals surface area (Å²) >= 11 is 0. The second kappa shape index (κ2) is 8.84. The van der Waals surface area contributed by atoms with Crippen LogP contribution in [-0.2, 0) is 6.54 Å². The summed E-state index contributed by atoms with van der Waals surface area (Å²) in [5.41, 5.74) is 4.60. The van der Waals surface area contributed by atoms with Crippen LogP contribution in [0.3, 0.4) is 0 Å². The largest absolute Gasteiger partial charge is 0.392 e. The second-order valence-corrected chi connectivity index (χ2v) is 8.55. The molecule has 5 heterocycles. The molecule has 0 unspecified atom stereocenters. The lowest BCUT2D eigenvalue weighted by Crippen LogP contribution is -2.26. The fourth-order valence-electron chi connectivity index (χ4n) is 4.48. The molecule has 1 N–H and O–H groups in total. The first-order valence-corrected chi connectivity index (χ1v) is 11.5. The molecule has 1 saturated heterocycles. The Morgan fingerprint density at radius 3 is 2.66 bits per heavy atom. The van der Waals surface area contributed by atoms with E-state index in [0.717, 1.165) is 73.5 Å². The first-order chi connectivity index (χ1) is 15.6. The van der Waals surface area contributed by atoms with Crippen LogP contribution in [0.2, 0.25) is 0 Å². The fraction of sp³-hybridized carbons (Fsp3) is 0.478. The molecule has 4 aromatic rings. The number of likely N-dealkylation sites (tertiary alicyclic amines) is 1. The van der Waals surface area contributed by atoms with Crippen molar-refractivity contribution in [3.63, 3.8) is 0 Å². The number of β-amino-alcohol motifs (C(OH)–C–C–N with tert-alkyl or cyclic N) is 1. The monoisotopic (exact) mass is 434 g/mol. The zero-order valence-electron chi connectivity index (χ0n) is 18.7. The van der Waals surface area contributed by atoms with Gasteiger partial charge in [0.05, 0.1) is 60.4 Å². The van der Waals surface area contributed by atoms with Crippen LogP contribution in [0.5, 0.6) is 0 Å². The third kappa shape index (κ3) is 4.05. The van der Waals surface area contributed by atoms with Crippen molar-refractivity contribution in [2.24, 2.45) is 0 Å². The highest BCUT2D eigenvalue weighted by molar-refractivity contribution is 5.78. The molecule has 0 saturated carbocycles.